The van der Waals surface area contributed by atoms with Gasteiger partial charge in [-0.1, -0.05) is 42.6 Å². The second-order valence-electron chi connectivity index (χ2n) is 5.28. The standard InChI is InChI=1S/C13H23BrN2O2S/c1-4-6-13(10-14,7-5-2)11-16-9-12(8-15-16)19(3,17)18/h8-9H,4-7,10-11H2,1-3H3. The fourth-order valence-corrected chi connectivity index (χ4v) is 3.78. The summed E-state index contributed by atoms with van der Waals surface area (Å²) in [5, 5.41) is 5.11. The molecule has 0 spiro atoms. The van der Waals surface area contributed by atoms with Crippen molar-refractivity contribution in [1.82, 2.24) is 9.78 Å². The molecule has 4 nitrogen and oxygen atoms in total. The van der Waals surface area contributed by atoms with Gasteiger partial charge in [0.1, 0.15) is 4.90 Å². The number of hydrogen-bond donors (Lipinski definition) is 0. The van der Waals surface area contributed by atoms with Gasteiger partial charge in [0.15, 0.2) is 9.84 Å². The zero-order valence-electron chi connectivity index (χ0n) is 11.9. The molecule has 0 atom stereocenters. The highest BCUT2D eigenvalue weighted by atomic mass is 79.9. The van der Waals surface area contributed by atoms with Gasteiger partial charge >= 0.3 is 0 Å². The Kier molecular flexibility index (Phi) is 6.05. The first-order chi connectivity index (χ1) is 8.87. The zero-order chi connectivity index (χ0) is 14.5. The topological polar surface area (TPSA) is 52.0 Å². The van der Waals surface area contributed by atoms with Crippen LogP contribution in [-0.4, -0.2) is 29.8 Å². The second kappa shape index (κ2) is 6.88. The summed E-state index contributed by atoms with van der Waals surface area (Å²) in [5.74, 6) is 0. The predicted octanol–water partition coefficient (Wildman–Crippen LogP) is 3.27. The number of hydrogen-bond acceptors (Lipinski definition) is 3. The number of nitrogens with zero attached hydrogens (tertiary/aromatic N) is 2. The number of aromatic nitrogens is 2. The molecule has 0 saturated heterocycles. The first-order valence-corrected chi connectivity index (χ1v) is 9.66. The van der Waals surface area contributed by atoms with E-state index in [1.807, 2.05) is 0 Å². The molecule has 1 aromatic heterocycles. The van der Waals surface area contributed by atoms with Gasteiger partial charge in [0.2, 0.25) is 0 Å². The Balaban J connectivity index is 2.93. The van der Waals surface area contributed by atoms with Crippen molar-refractivity contribution in [3.05, 3.63) is 12.4 Å². The molecule has 1 heterocycles. The zero-order valence-corrected chi connectivity index (χ0v) is 14.3. The van der Waals surface area contributed by atoms with Crippen molar-refractivity contribution in [3.8, 4) is 0 Å². The lowest BCUT2D eigenvalue weighted by Gasteiger charge is -2.31. The Morgan fingerprint density at radius 2 is 1.89 bits per heavy atom. The molecular formula is C13H23BrN2O2S. The maximum atomic E-state index is 11.5. The highest BCUT2D eigenvalue weighted by Gasteiger charge is 2.28. The Labute approximate surface area is 124 Å². The van der Waals surface area contributed by atoms with E-state index in [1.54, 1.807) is 10.9 Å². The fourth-order valence-electron chi connectivity index (χ4n) is 2.49. The molecule has 0 radical (unpaired) electrons. The van der Waals surface area contributed by atoms with E-state index in [1.165, 1.54) is 12.5 Å². The van der Waals surface area contributed by atoms with E-state index in [0.29, 0.717) is 4.90 Å². The van der Waals surface area contributed by atoms with E-state index >= 15 is 0 Å². The van der Waals surface area contributed by atoms with E-state index < -0.39 is 9.84 Å². The Hall–Kier alpha value is -0.360. The van der Waals surface area contributed by atoms with Crippen molar-refractivity contribution in [3.63, 3.8) is 0 Å². The number of alkyl halides is 1. The molecule has 0 N–H and O–H groups in total. The second-order valence-corrected chi connectivity index (χ2v) is 7.86. The predicted molar refractivity (Wildman–Crippen MR) is 81.4 cm³/mol. The number of halogens is 1. The Morgan fingerprint density at radius 3 is 2.26 bits per heavy atom. The molecule has 1 aromatic rings. The van der Waals surface area contributed by atoms with Crippen LogP contribution < -0.4 is 0 Å². The van der Waals surface area contributed by atoms with Crippen LogP contribution >= 0.6 is 15.9 Å². The van der Waals surface area contributed by atoms with E-state index in [0.717, 1.165) is 37.6 Å². The highest BCUT2D eigenvalue weighted by Crippen LogP contribution is 2.34. The summed E-state index contributed by atoms with van der Waals surface area (Å²) in [5.41, 5.74) is 0.157. The molecule has 0 fully saturated rings. The lowest BCUT2D eigenvalue weighted by atomic mass is 9.81. The van der Waals surface area contributed by atoms with E-state index in [4.69, 9.17) is 0 Å². The van der Waals surface area contributed by atoms with E-state index in [-0.39, 0.29) is 5.41 Å². The third kappa shape index (κ3) is 4.60. The van der Waals surface area contributed by atoms with Gasteiger partial charge in [0.05, 0.1) is 6.20 Å². The van der Waals surface area contributed by atoms with Crippen molar-refractivity contribution in [2.75, 3.05) is 11.6 Å². The summed E-state index contributed by atoms with van der Waals surface area (Å²) in [4.78, 5) is 0.295. The monoisotopic (exact) mass is 350 g/mol. The van der Waals surface area contributed by atoms with Gasteiger partial charge in [-0.25, -0.2) is 8.42 Å². The van der Waals surface area contributed by atoms with E-state index in [2.05, 4.69) is 34.9 Å². The summed E-state index contributed by atoms with van der Waals surface area (Å²) in [6, 6.07) is 0. The van der Waals surface area contributed by atoms with Crippen LogP contribution in [0.25, 0.3) is 0 Å². The number of rotatable bonds is 8. The molecule has 110 valence electrons. The van der Waals surface area contributed by atoms with Crippen molar-refractivity contribution in [1.29, 1.82) is 0 Å². The molecule has 0 unspecified atom stereocenters. The summed E-state index contributed by atoms with van der Waals surface area (Å²) in [6.07, 6.45) is 8.74. The van der Waals surface area contributed by atoms with Gasteiger partial charge < -0.3 is 0 Å². The van der Waals surface area contributed by atoms with Crippen LogP contribution in [0.4, 0.5) is 0 Å². The van der Waals surface area contributed by atoms with Gasteiger partial charge in [-0.05, 0) is 18.3 Å². The van der Waals surface area contributed by atoms with Gasteiger partial charge in [-0.3, -0.25) is 4.68 Å². The first kappa shape index (κ1) is 16.7. The summed E-state index contributed by atoms with van der Waals surface area (Å²) in [6.45, 7) is 5.12. The third-order valence-corrected chi connectivity index (χ3v) is 5.64. The van der Waals surface area contributed by atoms with Crippen LogP contribution in [0.5, 0.6) is 0 Å². The molecule has 0 amide bonds. The molecule has 0 saturated carbocycles. The lowest BCUT2D eigenvalue weighted by molar-refractivity contribution is 0.223. The van der Waals surface area contributed by atoms with Crippen LogP contribution in [0.2, 0.25) is 0 Å². The van der Waals surface area contributed by atoms with Crippen molar-refractivity contribution in [2.45, 2.75) is 51.0 Å². The summed E-state index contributed by atoms with van der Waals surface area (Å²) >= 11 is 3.62. The molecule has 0 aliphatic carbocycles. The minimum Gasteiger partial charge on any atom is -0.271 e. The van der Waals surface area contributed by atoms with Crippen molar-refractivity contribution >= 4 is 25.8 Å². The minimum atomic E-state index is -3.16. The largest absolute Gasteiger partial charge is 0.271 e. The molecule has 19 heavy (non-hydrogen) atoms. The molecule has 1 rings (SSSR count). The van der Waals surface area contributed by atoms with Crippen LogP contribution in [0, 0.1) is 5.41 Å². The Bertz CT molecular complexity index is 490. The Morgan fingerprint density at radius 1 is 1.32 bits per heavy atom. The molecule has 0 aliphatic rings. The molecule has 0 aliphatic heterocycles. The van der Waals surface area contributed by atoms with E-state index in [9.17, 15) is 8.42 Å². The highest BCUT2D eigenvalue weighted by molar-refractivity contribution is 9.09. The average molecular weight is 351 g/mol. The van der Waals surface area contributed by atoms with Crippen LogP contribution in [0.1, 0.15) is 39.5 Å². The minimum absolute atomic E-state index is 0.157. The lowest BCUT2D eigenvalue weighted by Crippen LogP contribution is -2.29. The van der Waals surface area contributed by atoms with Gasteiger partial charge in [0.25, 0.3) is 0 Å². The summed E-state index contributed by atoms with van der Waals surface area (Å²) < 4.78 is 24.7. The van der Waals surface area contributed by atoms with Gasteiger partial charge in [0, 0.05) is 24.3 Å². The van der Waals surface area contributed by atoms with Crippen LogP contribution in [0.3, 0.4) is 0 Å². The first-order valence-electron chi connectivity index (χ1n) is 6.65. The van der Waals surface area contributed by atoms with Crippen molar-refractivity contribution < 1.29 is 8.42 Å². The molecular weight excluding hydrogens is 328 g/mol. The maximum Gasteiger partial charge on any atom is 0.178 e. The fraction of sp³-hybridized carbons (Fsp3) is 0.769. The third-order valence-electron chi connectivity index (χ3n) is 3.38. The average Bonchev–Trinajstić information content (AvgIpc) is 2.77. The normalized spacial score (nSPS) is 12.8. The molecule has 0 aromatic carbocycles. The molecule has 6 heteroatoms. The van der Waals surface area contributed by atoms with Crippen LogP contribution in [0.15, 0.2) is 17.3 Å². The van der Waals surface area contributed by atoms with Crippen molar-refractivity contribution in [2.24, 2.45) is 5.41 Å². The SMILES string of the molecule is CCCC(CBr)(CCC)Cn1cc(S(C)(=O)=O)cn1. The summed E-state index contributed by atoms with van der Waals surface area (Å²) in [7, 11) is -3.16. The van der Waals surface area contributed by atoms with Gasteiger partial charge in [-0.2, -0.15) is 5.10 Å². The van der Waals surface area contributed by atoms with Crippen LogP contribution in [-0.2, 0) is 16.4 Å². The van der Waals surface area contributed by atoms with Gasteiger partial charge in [-0.15, -0.1) is 0 Å². The smallest absolute Gasteiger partial charge is 0.178 e. The maximum absolute atomic E-state index is 11.5. The molecule has 0 bridgehead atoms. The number of sulfone groups is 1. The quantitative estimate of drug-likeness (QED) is 0.676.